The molecule has 42 heavy (non-hydrogen) atoms. The minimum Gasteiger partial charge on any atom is -0.389 e. The summed E-state index contributed by atoms with van der Waals surface area (Å²) in [6.07, 6.45) is 2.81. The van der Waals surface area contributed by atoms with Gasteiger partial charge in [0.05, 0.1) is 40.8 Å². The zero-order valence-corrected chi connectivity index (χ0v) is 24.0. The zero-order chi connectivity index (χ0) is 29.2. The number of amides is 1. The van der Waals surface area contributed by atoms with E-state index in [2.05, 4.69) is 47.4 Å². The van der Waals surface area contributed by atoms with Crippen LogP contribution in [0.5, 0.6) is 0 Å². The monoisotopic (exact) mass is 590 g/mol. The van der Waals surface area contributed by atoms with Crippen molar-refractivity contribution in [2.45, 2.75) is 12.6 Å². The molecule has 2 aromatic carbocycles. The Balaban J connectivity index is 1.26. The molecule has 4 N–H and O–H groups in total. The highest BCUT2D eigenvalue weighted by molar-refractivity contribution is 7.18. The molecule has 1 fully saturated rings. The fraction of sp³-hybridized carbons (Fsp3) is 0.310. The number of para-hydroxylation sites is 1. The number of aliphatic hydroxyl groups is 1. The summed E-state index contributed by atoms with van der Waals surface area (Å²) < 4.78 is 21.4. The number of hydrogen-bond donors (Lipinski definition) is 4. The minimum atomic E-state index is -0.575. The quantitative estimate of drug-likeness (QED) is 0.202. The second-order valence-electron chi connectivity index (χ2n) is 10.2. The number of likely N-dealkylation sites (N-methyl/N-ethyl adjacent to an activating group) is 1. The summed E-state index contributed by atoms with van der Waals surface area (Å²) in [7, 11) is 3.67. The third-order valence-corrected chi connectivity index (χ3v) is 8.42. The number of nitrogens with one attached hydrogen (secondary N) is 3. The predicted octanol–water partition coefficient (Wildman–Crippen LogP) is 3.81. The van der Waals surface area contributed by atoms with Gasteiger partial charge in [0.15, 0.2) is 5.82 Å². The first-order chi connectivity index (χ1) is 20.4. The van der Waals surface area contributed by atoms with Gasteiger partial charge in [0.2, 0.25) is 11.9 Å². The van der Waals surface area contributed by atoms with Crippen LogP contribution in [0.3, 0.4) is 0 Å². The van der Waals surface area contributed by atoms with Gasteiger partial charge in [-0.3, -0.25) is 9.69 Å². The number of piperazine rings is 1. The number of methoxy groups -OCH3 is 1. The number of carbonyl (C=O) groups excluding carboxylic acids is 1. The molecule has 0 spiro atoms. The number of aromatic nitrogens is 4. The van der Waals surface area contributed by atoms with Gasteiger partial charge in [-0.25, -0.2) is 19.3 Å². The molecule has 1 amide bonds. The number of thiazole rings is 1. The number of anilines is 3. The Bertz CT molecular complexity index is 1730. The summed E-state index contributed by atoms with van der Waals surface area (Å²) in [5.74, 6) is -0.515. The van der Waals surface area contributed by atoms with Crippen LogP contribution in [0.2, 0.25) is 0 Å². The van der Waals surface area contributed by atoms with Crippen molar-refractivity contribution in [1.82, 2.24) is 29.7 Å². The number of aromatic amines is 1. The minimum absolute atomic E-state index is 0.118. The summed E-state index contributed by atoms with van der Waals surface area (Å²) in [5.41, 5.74) is 3.34. The number of H-pyrrole nitrogens is 1. The molecule has 0 bridgehead atoms. The van der Waals surface area contributed by atoms with Crippen molar-refractivity contribution in [2.24, 2.45) is 0 Å². The normalized spacial score (nSPS) is 15.3. The van der Waals surface area contributed by atoms with Gasteiger partial charge in [0, 0.05) is 56.1 Å². The van der Waals surface area contributed by atoms with Gasteiger partial charge in [0.1, 0.15) is 16.7 Å². The summed E-state index contributed by atoms with van der Waals surface area (Å²) in [5, 5.41) is 16.9. The van der Waals surface area contributed by atoms with Crippen molar-refractivity contribution in [3.8, 4) is 11.3 Å². The van der Waals surface area contributed by atoms with Crippen LogP contribution >= 0.6 is 11.3 Å². The third-order valence-electron chi connectivity index (χ3n) is 7.40. The maximum Gasteiger partial charge on any atom is 0.244 e. The Labute approximate surface area is 245 Å². The Morgan fingerprint density at radius 3 is 2.83 bits per heavy atom. The van der Waals surface area contributed by atoms with E-state index < -0.39 is 11.9 Å². The van der Waals surface area contributed by atoms with Crippen molar-refractivity contribution >= 4 is 55.7 Å². The van der Waals surface area contributed by atoms with Gasteiger partial charge in [-0.2, -0.15) is 0 Å². The largest absolute Gasteiger partial charge is 0.389 e. The zero-order valence-electron chi connectivity index (χ0n) is 23.2. The van der Waals surface area contributed by atoms with E-state index in [1.165, 1.54) is 11.3 Å². The number of rotatable bonds is 9. The average molecular weight is 591 g/mol. The van der Waals surface area contributed by atoms with E-state index in [4.69, 9.17) is 4.74 Å². The molecule has 3 aromatic heterocycles. The Morgan fingerprint density at radius 1 is 1.21 bits per heavy atom. The maximum atomic E-state index is 15.1. The van der Waals surface area contributed by atoms with Crippen molar-refractivity contribution < 1.29 is 19.0 Å². The molecule has 0 radical (unpaired) electrons. The maximum absolute atomic E-state index is 15.1. The molecule has 1 aliphatic heterocycles. The lowest BCUT2D eigenvalue weighted by Gasteiger charge is -2.36. The molecule has 5 aromatic rings. The standard InChI is InChI=1S/C29H31FN8O3S/c1-37-8-10-38(11-9-37)23(16-41-2)28(40)35-21-5-3-4-18-19(13-31-27(18)21)26-20(30)14-32-29(36-26)33-17-6-7-24-22(12-17)34-25(15-39)42-24/h3-7,12-14,23,31,39H,8-11,15-16H2,1-2H3,(H,35,40)(H,32,33,36)/t23-/m1/s1. The highest BCUT2D eigenvalue weighted by atomic mass is 32.1. The number of ether oxygens (including phenoxy) is 1. The number of nitrogens with zero attached hydrogens (tertiary/aromatic N) is 5. The summed E-state index contributed by atoms with van der Waals surface area (Å²) in [6.45, 7) is 3.48. The van der Waals surface area contributed by atoms with Gasteiger partial charge in [-0.15, -0.1) is 11.3 Å². The lowest BCUT2D eigenvalue weighted by molar-refractivity contribution is -0.124. The van der Waals surface area contributed by atoms with Crippen LogP contribution in [-0.2, 0) is 16.1 Å². The molecule has 1 atom stereocenters. The lowest BCUT2D eigenvalue weighted by atomic mass is 10.1. The second-order valence-corrected chi connectivity index (χ2v) is 11.3. The van der Waals surface area contributed by atoms with Gasteiger partial charge in [-0.05, 0) is 31.3 Å². The Hall–Kier alpha value is -4.01. The number of carbonyl (C=O) groups is 1. The molecule has 0 saturated carbocycles. The number of fused-ring (bicyclic) bond motifs is 2. The number of aliphatic hydroxyl groups excluding tert-OH is 1. The fourth-order valence-electron chi connectivity index (χ4n) is 5.17. The van der Waals surface area contributed by atoms with E-state index in [0.717, 1.165) is 42.6 Å². The molecule has 13 heteroatoms. The van der Waals surface area contributed by atoms with Crippen LogP contribution in [0, 0.1) is 5.82 Å². The highest BCUT2D eigenvalue weighted by Crippen LogP contribution is 2.34. The Kier molecular flexibility index (Phi) is 8.09. The Morgan fingerprint density at radius 2 is 2.05 bits per heavy atom. The number of hydrogen-bond acceptors (Lipinski definition) is 10. The van der Waals surface area contributed by atoms with Crippen LogP contribution < -0.4 is 10.6 Å². The van der Waals surface area contributed by atoms with Gasteiger partial charge in [-0.1, -0.05) is 12.1 Å². The first kappa shape index (κ1) is 28.1. The van der Waals surface area contributed by atoms with E-state index in [-0.39, 0.29) is 30.8 Å². The SMILES string of the molecule is COC[C@H](C(=O)Nc1cccc2c(-c3nc(Nc4ccc5sc(CO)nc5c4)ncc3F)c[nH]c12)N1CCN(C)CC1. The summed E-state index contributed by atoms with van der Waals surface area (Å²) in [4.78, 5) is 34.0. The molecule has 0 unspecified atom stereocenters. The van der Waals surface area contributed by atoms with Crippen molar-refractivity contribution in [2.75, 3.05) is 57.6 Å². The van der Waals surface area contributed by atoms with E-state index in [9.17, 15) is 9.90 Å². The van der Waals surface area contributed by atoms with E-state index in [0.29, 0.717) is 32.8 Å². The molecule has 11 nitrogen and oxygen atoms in total. The van der Waals surface area contributed by atoms with Crippen molar-refractivity contribution in [3.05, 3.63) is 59.6 Å². The van der Waals surface area contributed by atoms with E-state index in [1.54, 1.807) is 13.3 Å². The molecule has 6 rings (SSSR count). The topological polar surface area (TPSA) is 132 Å². The summed E-state index contributed by atoms with van der Waals surface area (Å²) in [6, 6.07) is 10.6. The molecular weight excluding hydrogens is 559 g/mol. The molecule has 1 saturated heterocycles. The van der Waals surface area contributed by atoms with Gasteiger partial charge in [0.25, 0.3) is 0 Å². The second kappa shape index (κ2) is 12.1. The van der Waals surface area contributed by atoms with Crippen LogP contribution in [0.15, 0.2) is 48.8 Å². The van der Waals surface area contributed by atoms with Crippen molar-refractivity contribution in [1.29, 1.82) is 0 Å². The van der Waals surface area contributed by atoms with E-state index in [1.807, 2.05) is 36.4 Å². The first-order valence-corrected chi connectivity index (χ1v) is 14.4. The predicted molar refractivity (Wildman–Crippen MR) is 161 cm³/mol. The van der Waals surface area contributed by atoms with Crippen LogP contribution in [0.4, 0.5) is 21.7 Å². The van der Waals surface area contributed by atoms with Gasteiger partial charge < -0.3 is 30.4 Å². The molecule has 1 aliphatic rings. The van der Waals surface area contributed by atoms with Crippen LogP contribution in [-0.4, -0.2) is 93.7 Å². The summed E-state index contributed by atoms with van der Waals surface area (Å²) >= 11 is 1.42. The fourth-order valence-corrected chi connectivity index (χ4v) is 5.98. The van der Waals surface area contributed by atoms with Crippen molar-refractivity contribution in [3.63, 3.8) is 0 Å². The number of benzene rings is 2. The highest BCUT2D eigenvalue weighted by Gasteiger charge is 2.29. The molecular formula is C29H31FN8O3S. The molecule has 0 aliphatic carbocycles. The first-order valence-electron chi connectivity index (χ1n) is 13.6. The molecule has 4 heterocycles. The average Bonchev–Trinajstić information content (AvgIpc) is 3.62. The van der Waals surface area contributed by atoms with E-state index >= 15 is 4.39 Å². The lowest BCUT2D eigenvalue weighted by Crippen LogP contribution is -2.54. The number of halogens is 1. The smallest absolute Gasteiger partial charge is 0.244 e. The van der Waals surface area contributed by atoms with Crippen LogP contribution in [0.1, 0.15) is 5.01 Å². The third kappa shape index (κ3) is 5.69. The van der Waals surface area contributed by atoms with Crippen LogP contribution in [0.25, 0.3) is 32.4 Å². The molecule has 218 valence electrons. The van der Waals surface area contributed by atoms with Gasteiger partial charge >= 0.3 is 0 Å².